The lowest BCUT2D eigenvalue weighted by Crippen LogP contribution is -2.32. The van der Waals surface area contributed by atoms with E-state index < -0.39 is 0 Å². The Balaban J connectivity index is 1.58. The van der Waals surface area contributed by atoms with Crippen LogP contribution in [0.5, 0.6) is 0 Å². The SMILES string of the molecule is O=C(CSc1ccncc1)N[C@H]1CCCc2ccccc21. The van der Waals surface area contributed by atoms with E-state index in [2.05, 4.69) is 34.6 Å². The third-order valence-corrected chi connectivity index (χ3v) is 4.74. The molecule has 0 fully saturated rings. The molecule has 1 atom stereocenters. The normalized spacial score (nSPS) is 17.0. The second-order valence-electron chi connectivity index (χ2n) is 5.18. The lowest BCUT2D eigenvalue weighted by molar-refractivity contribution is -0.119. The Morgan fingerprint density at radius 1 is 1.24 bits per heavy atom. The van der Waals surface area contributed by atoms with Crippen molar-refractivity contribution < 1.29 is 4.79 Å². The summed E-state index contributed by atoms with van der Waals surface area (Å²) >= 11 is 1.55. The van der Waals surface area contributed by atoms with Crippen molar-refractivity contribution in [2.45, 2.75) is 30.2 Å². The third-order valence-electron chi connectivity index (χ3n) is 3.72. The Morgan fingerprint density at radius 2 is 2.05 bits per heavy atom. The van der Waals surface area contributed by atoms with Crippen molar-refractivity contribution in [3.05, 3.63) is 59.9 Å². The molecule has 1 N–H and O–H groups in total. The zero-order valence-corrected chi connectivity index (χ0v) is 12.6. The molecule has 1 aromatic heterocycles. The van der Waals surface area contributed by atoms with Crippen molar-refractivity contribution in [3.63, 3.8) is 0 Å². The molecule has 0 spiro atoms. The molecule has 108 valence electrons. The summed E-state index contributed by atoms with van der Waals surface area (Å²) in [5, 5.41) is 3.17. The van der Waals surface area contributed by atoms with Gasteiger partial charge in [0.1, 0.15) is 0 Å². The van der Waals surface area contributed by atoms with E-state index in [1.807, 2.05) is 12.1 Å². The van der Waals surface area contributed by atoms with Crippen molar-refractivity contribution in [1.82, 2.24) is 10.3 Å². The first-order valence-electron chi connectivity index (χ1n) is 7.23. The first kappa shape index (κ1) is 14.1. The number of thioether (sulfide) groups is 1. The number of fused-ring (bicyclic) bond motifs is 1. The van der Waals surface area contributed by atoms with Crippen molar-refractivity contribution in [2.75, 3.05) is 5.75 Å². The number of amides is 1. The number of carbonyl (C=O) groups is 1. The van der Waals surface area contributed by atoms with E-state index in [-0.39, 0.29) is 11.9 Å². The maximum atomic E-state index is 12.1. The highest BCUT2D eigenvalue weighted by Crippen LogP contribution is 2.29. The van der Waals surface area contributed by atoms with E-state index in [9.17, 15) is 4.79 Å². The van der Waals surface area contributed by atoms with Crippen LogP contribution in [0.4, 0.5) is 0 Å². The quantitative estimate of drug-likeness (QED) is 0.880. The summed E-state index contributed by atoms with van der Waals surface area (Å²) in [7, 11) is 0. The number of pyridine rings is 1. The zero-order valence-electron chi connectivity index (χ0n) is 11.8. The molecule has 0 aliphatic heterocycles. The minimum absolute atomic E-state index is 0.0958. The maximum absolute atomic E-state index is 12.1. The molecule has 0 radical (unpaired) electrons. The van der Waals surface area contributed by atoms with Crippen molar-refractivity contribution in [3.8, 4) is 0 Å². The van der Waals surface area contributed by atoms with Crippen LogP contribution in [0.25, 0.3) is 0 Å². The summed E-state index contributed by atoms with van der Waals surface area (Å²) in [4.78, 5) is 17.2. The van der Waals surface area contributed by atoms with Crippen LogP contribution in [0.2, 0.25) is 0 Å². The van der Waals surface area contributed by atoms with Gasteiger partial charge in [-0.25, -0.2) is 0 Å². The summed E-state index contributed by atoms with van der Waals surface area (Å²) in [5.41, 5.74) is 2.65. The van der Waals surface area contributed by atoms with Gasteiger partial charge in [-0.05, 0) is 42.5 Å². The van der Waals surface area contributed by atoms with Crippen molar-refractivity contribution in [1.29, 1.82) is 0 Å². The molecule has 0 saturated heterocycles. The van der Waals surface area contributed by atoms with Crippen molar-refractivity contribution >= 4 is 17.7 Å². The van der Waals surface area contributed by atoms with Gasteiger partial charge in [-0.2, -0.15) is 0 Å². The summed E-state index contributed by atoms with van der Waals surface area (Å²) in [6, 6.07) is 12.4. The van der Waals surface area contributed by atoms with Gasteiger partial charge >= 0.3 is 0 Å². The number of hydrogen-bond acceptors (Lipinski definition) is 3. The van der Waals surface area contributed by atoms with E-state index in [4.69, 9.17) is 0 Å². The molecular weight excluding hydrogens is 280 g/mol. The van der Waals surface area contributed by atoms with Crippen LogP contribution in [-0.2, 0) is 11.2 Å². The van der Waals surface area contributed by atoms with Crippen LogP contribution >= 0.6 is 11.8 Å². The zero-order chi connectivity index (χ0) is 14.5. The molecule has 1 aliphatic carbocycles. The van der Waals surface area contributed by atoms with Gasteiger partial charge in [-0.1, -0.05) is 24.3 Å². The molecule has 1 aliphatic rings. The maximum Gasteiger partial charge on any atom is 0.230 e. The topological polar surface area (TPSA) is 42.0 Å². The number of aromatic nitrogens is 1. The van der Waals surface area contributed by atoms with E-state index in [1.165, 1.54) is 11.1 Å². The minimum atomic E-state index is 0.0958. The van der Waals surface area contributed by atoms with Gasteiger partial charge < -0.3 is 5.32 Å². The average Bonchev–Trinajstić information content (AvgIpc) is 2.54. The Morgan fingerprint density at radius 3 is 2.90 bits per heavy atom. The molecule has 1 amide bonds. The largest absolute Gasteiger partial charge is 0.349 e. The fourth-order valence-electron chi connectivity index (χ4n) is 2.72. The number of nitrogens with one attached hydrogen (secondary N) is 1. The highest BCUT2D eigenvalue weighted by molar-refractivity contribution is 8.00. The van der Waals surface area contributed by atoms with Gasteiger partial charge in [0, 0.05) is 17.3 Å². The highest BCUT2D eigenvalue weighted by atomic mass is 32.2. The summed E-state index contributed by atoms with van der Waals surface area (Å²) < 4.78 is 0. The molecule has 1 heterocycles. The van der Waals surface area contributed by atoms with Gasteiger partial charge in [0.2, 0.25) is 5.91 Å². The fourth-order valence-corrected chi connectivity index (χ4v) is 3.42. The summed E-state index contributed by atoms with van der Waals surface area (Å²) in [6.07, 6.45) is 6.78. The number of aryl methyl sites for hydroxylation is 1. The van der Waals surface area contributed by atoms with E-state index in [0.717, 1.165) is 24.2 Å². The molecule has 0 bridgehead atoms. The fraction of sp³-hybridized carbons (Fsp3) is 0.294. The number of carbonyl (C=O) groups excluding carboxylic acids is 1. The highest BCUT2D eigenvalue weighted by Gasteiger charge is 2.21. The van der Waals surface area contributed by atoms with Crippen LogP contribution in [0.15, 0.2) is 53.7 Å². The molecule has 0 unspecified atom stereocenters. The van der Waals surface area contributed by atoms with Gasteiger partial charge in [-0.15, -0.1) is 11.8 Å². The van der Waals surface area contributed by atoms with Gasteiger partial charge in [0.05, 0.1) is 11.8 Å². The average molecular weight is 298 g/mol. The Bertz CT molecular complexity index is 615. The molecule has 4 heteroatoms. The Kier molecular flexibility index (Phi) is 4.55. The molecule has 21 heavy (non-hydrogen) atoms. The third kappa shape index (κ3) is 3.64. The monoisotopic (exact) mass is 298 g/mol. The van der Waals surface area contributed by atoms with Gasteiger partial charge in [0.15, 0.2) is 0 Å². The molecular formula is C17H18N2OS. The standard InChI is InChI=1S/C17H18N2OS/c20-17(12-21-14-8-10-18-11-9-14)19-16-7-3-5-13-4-1-2-6-15(13)16/h1-2,4,6,8-11,16H,3,5,7,12H2,(H,19,20)/t16-/m0/s1. The van der Waals surface area contributed by atoms with E-state index in [0.29, 0.717) is 5.75 Å². The summed E-state index contributed by atoms with van der Waals surface area (Å²) in [6.45, 7) is 0. The predicted molar refractivity (Wildman–Crippen MR) is 85.2 cm³/mol. The van der Waals surface area contributed by atoms with Gasteiger partial charge in [-0.3, -0.25) is 9.78 Å². The molecule has 1 aromatic carbocycles. The second kappa shape index (κ2) is 6.76. The minimum Gasteiger partial charge on any atom is -0.349 e. The number of nitrogens with zero attached hydrogens (tertiary/aromatic N) is 1. The van der Waals surface area contributed by atoms with Crippen LogP contribution in [0.1, 0.15) is 30.0 Å². The molecule has 3 nitrogen and oxygen atoms in total. The number of hydrogen-bond donors (Lipinski definition) is 1. The predicted octanol–water partition coefficient (Wildman–Crippen LogP) is 3.37. The molecule has 0 saturated carbocycles. The lowest BCUT2D eigenvalue weighted by Gasteiger charge is -2.26. The van der Waals surface area contributed by atoms with E-state index in [1.54, 1.807) is 24.2 Å². The first-order chi connectivity index (χ1) is 10.3. The summed E-state index contributed by atoms with van der Waals surface area (Å²) in [5.74, 6) is 0.543. The van der Waals surface area contributed by atoms with Crippen LogP contribution in [0, 0.1) is 0 Å². The van der Waals surface area contributed by atoms with Crippen LogP contribution in [-0.4, -0.2) is 16.6 Å². The van der Waals surface area contributed by atoms with Gasteiger partial charge in [0.25, 0.3) is 0 Å². The van der Waals surface area contributed by atoms with E-state index >= 15 is 0 Å². The second-order valence-corrected chi connectivity index (χ2v) is 6.23. The smallest absolute Gasteiger partial charge is 0.230 e. The van der Waals surface area contributed by atoms with Crippen LogP contribution < -0.4 is 5.32 Å². The number of benzene rings is 1. The Hall–Kier alpha value is -1.81. The van der Waals surface area contributed by atoms with Crippen molar-refractivity contribution in [2.24, 2.45) is 0 Å². The lowest BCUT2D eigenvalue weighted by atomic mass is 9.88. The Labute approximate surface area is 129 Å². The molecule has 2 aromatic rings. The first-order valence-corrected chi connectivity index (χ1v) is 8.21. The molecule has 3 rings (SSSR count). The van der Waals surface area contributed by atoms with Crippen LogP contribution in [0.3, 0.4) is 0 Å². The number of rotatable bonds is 4.